The number of rotatable bonds is 21. The number of nitrogens with one attached hydrogen (secondary N) is 6. The average Bonchev–Trinajstić information content (AvgIpc) is 1.60. The molecule has 0 radical (unpaired) electrons. The Kier molecular flexibility index (Phi) is 38.1. The molecule has 0 unspecified atom stereocenters. The maximum absolute atomic E-state index is 15.1. The van der Waals surface area contributed by atoms with Crippen molar-refractivity contribution in [3.63, 3.8) is 0 Å². The molecule has 1 aromatic heterocycles. The van der Waals surface area contributed by atoms with E-state index in [-0.39, 0.29) is 61.5 Å². The number of carbonyl (C=O) groups is 11. The smallest absolute Gasteiger partial charge is 0.246 e. The topological polar surface area (TPSA) is 344 Å². The average molecular weight is 1500 g/mol. The highest BCUT2D eigenvalue weighted by molar-refractivity contribution is 7.88. The summed E-state index contributed by atoms with van der Waals surface area (Å²) in [6, 6.07) is -6.57. The van der Waals surface area contributed by atoms with Gasteiger partial charge in [0, 0.05) is 73.0 Å². The number of likely N-dealkylation sites (N-methyl/N-ethyl adjacent to an activating group) is 8. The van der Waals surface area contributed by atoms with Crippen LogP contribution in [0.25, 0.3) is 10.9 Å². The van der Waals surface area contributed by atoms with Crippen LogP contribution in [0.3, 0.4) is 0 Å². The van der Waals surface area contributed by atoms with Gasteiger partial charge in [0.1, 0.15) is 60.4 Å². The lowest BCUT2D eigenvalue weighted by atomic mass is 9.91. The number of aliphatic hydroxyl groups is 1. The van der Waals surface area contributed by atoms with E-state index in [0.717, 1.165) is 39.2 Å². The van der Waals surface area contributed by atoms with Gasteiger partial charge in [-0.1, -0.05) is 115 Å². The summed E-state index contributed by atoms with van der Waals surface area (Å²) in [6.07, 6.45) is 5.99. The maximum atomic E-state index is 15.1. The molecule has 2 heterocycles. The molecule has 1 aliphatic heterocycles. The molecule has 3 rings (SSSR count). The third-order valence-electron chi connectivity index (χ3n) is 19.4. The molecule has 0 aliphatic carbocycles. The Hall–Kier alpha value is -7.50. The molecule has 1 aromatic carbocycles. The van der Waals surface area contributed by atoms with E-state index in [0.29, 0.717) is 6.42 Å². The summed E-state index contributed by atoms with van der Waals surface area (Å²) in [6.45, 7) is 30.3. The van der Waals surface area contributed by atoms with E-state index in [2.05, 4.69) is 35.9 Å². The van der Waals surface area contributed by atoms with Gasteiger partial charge in [0.25, 0.3) is 0 Å². The molecule has 11 amide bonds. The molecule has 12 atom stereocenters. The number of benzene rings is 1. The summed E-state index contributed by atoms with van der Waals surface area (Å²) in [4.78, 5) is 174. The van der Waals surface area contributed by atoms with Gasteiger partial charge in [0.15, 0.2) is 0 Å². The molecule has 0 bridgehead atoms. The highest BCUT2D eigenvalue weighted by Gasteiger charge is 2.46. The lowest BCUT2D eigenvalue weighted by molar-refractivity contribution is -0.157. The van der Waals surface area contributed by atoms with Crippen molar-refractivity contribution in [1.82, 2.24) is 70.2 Å². The molecule has 596 valence electrons. The highest BCUT2D eigenvalue weighted by atomic mass is 32.2. The second-order valence-electron chi connectivity index (χ2n) is 31.3. The van der Waals surface area contributed by atoms with E-state index in [1.54, 1.807) is 54.5 Å². The van der Waals surface area contributed by atoms with Gasteiger partial charge in [-0.05, 0) is 152 Å². The van der Waals surface area contributed by atoms with E-state index in [9.17, 15) is 56.7 Å². The Morgan fingerprint density at radius 1 is 0.571 bits per heavy atom. The van der Waals surface area contributed by atoms with Crippen molar-refractivity contribution in [3.8, 4) is 0 Å². The normalized spacial score (nSPS) is 24.1. The van der Waals surface area contributed by atoms with Gasteiger partial charge in [0.05, 0.1) is 18.4 Å². The van der Waals surface area contributed by atoms with Gasteiger partial charge in [-0.2, -0.15) is 0 Å². The summed E-state index contributed by atoms with van der Waals surface area (Å²) < 4.78 is 25.6. The van der Waals surface area contributed by atoms with Crippen molar-refractivity contribution in [1.29, 1.82) is 0 Å². The van der Waals surface area contributed by atoms with Crippen LogP contribution in [0.5, 0.6) is 0 Å². The minimum absolute atomic E-state index is 0.0116. The van der Waals surface area contributed by atoms with E-state index in [1.807, 2.05) is 100.0 Å². The largest absolute Gasteiger partial charge is 0.390 e. The van der Waals surface area contributed by atoms with Crippen molar-refractivity contribution >= 4 is 85.9 Å². The molecule has 7 N–H and O–H groups in total. The zero-order valence-corrected chi connectivity index (χ0v) is 69.0. The van der Waals surface area contributed by atoms with Crippen LogP contribution in [0, 0.1) is 41.4 Å². The van der Waals surface area contributed by atoms with E-state index in [1.165, 1.54) is 100 Å². The fourth-order valence-corrected chi connectivity index (χ4v) is 13.6. The summed E-state index contributed by atoms with van der Waals surface area (Å²) in [5.74, 6) is -9.70. The molecule has 1 aliphatic rings. The van der Waals surface area contributed by atoms with Gasteiger partial charge in [-0.3, -0.25) is 52.7 Å². The minimum atomic E-state index is -3.23. The highest BCUT2D eigenvalue weighted by Crippen LogP contribution is 2.27. The van der Waals surface area contributed by atoms with Crippen molar-refractivity contribution in [2.75, 3.05) is 83.6 Å². The van der Waals surface area contributed by atoms with Crippen molar-refractivity contribution < 1.29 is 66.3 Å². The monoisotopic (exact) mass is 1500 g/mol. The number of aromatic amines is 1. The first-order valence-electron chi connectivity index (χ1n) is 37.1. The first kappa shape index (κ1) is 93.6. The SMILES string of the molecule is C/C=C/C[C@@H](C)[C@@H](O)[C@H]1C(=O)N[C@@H](CC)C(=O)N(C)CC(=O)N(C)[C@@H](CC(C)C)C(=O)N[C@@H](C(C)C)C(=O)N(C)[C@@H](CC(C)C)C(=O)N[C@@H](C)C(=O)N[C@H](C)C(=O)N(C)[C@@H](CC(C)C)C(=O)N(C)[C@@H](CC(C)C)C(=O)N(C)[C@@H](C(C)C)C(=O)N1C.CNS(=O)(=O)Cc1ccc2[nH]cc(CCN(C)C)c2c1. The number of H-pyrrole nitrogens is 1. The molecule has 0 saturated carbocycles. The zero-order chi connectivity index (χ0) is 80.7. The van der Waals surface area contributed by atoms with Gasteiger partial charge in [0.2, 0.25) is 75.0 Å². The number of carbonyl (C=O) groups excluding carboxylic acids is 11. The number of aromatic nitrogens is 1. The predicted molar refractivity (Wildman–Crippen MR) is 411 cm³/mol. The molecular formula is C76H132N14O14S. The number of hydrogen-bond acceptors (Lipinski definition) is 15. The van der Waals surface area contributed by atoms with Crippen LogP contribution in [0.4, 0.5) is 0 Å². The maximum Gasteiger partial charge on any atom is 0.246 e. The number of allylic oxidation sites excluding steroid dienone is 2. The Bertz CT molecular complexity index is 3390. The predicted octanol–water partition coefficient (Wildman–Crippen LogP) is 4.59. The number of sulfonamides is 1. The van der Waals surface area contributed by atoms with Gasteiger partial charge in [-0.15, -0.1) is 0 Å². The van der Waals surface area contributed by atoms with Crippen molar-refractivity contribution in [3.05, 3.63) is 47.7 Å². The summed E-state index contributed by atoms with van der Waals surface area (Å²) in [5.41, 5.74) is 3.07. The number of amides is 11. The summed E-state index contributed by atoms with van der Waals surface area (Å²) >= 11 is 0. The number of fused-ring (bicyclic) bond motifs is 1. The fourth-order valence-electron chi connectivity index (χ4n) is 12.8. The number of hydrogen-bond donors (Lipinski definition) is 7. The van der Waals surface area contributed by atoms with Crippen LogP contribution in [0.2, 0.25) is 0 Å². The van der Waals surface area contributed by atoms with Crippen LogP contribution in [-0.4, -0.2) is 273 Å². The number of aliphatic hydroxyl groups excluding tert-OH is 1. The molecule has 105 heavy (non-hydrogen) atoms. The van der Waals surface area contributed by atoms with E-state index >= 15 is 9.59 Å². The van der Waals surface area contributed by atoms with Crippen LogP contribution in [0.15, 0.2) is 36.5 Å². The van der Waals surface area contributed by atoms with Crippen LogP contribution >= 0.6 is 0 Å². The summed E-state index contributed by atoms with van der Waals surface area (Å²) in [5, 5.41) is 24.2. The van der Waals surface area contributed by atoms with Crippen LogP contribution in [0.1, 0.15) is 167 Å². The first-order chi connectivity index (χ1) is 48.6. The Labute approximate surface area is 627 Å². The summed E-state index contributed by atoms with van der Waals surface area (Å²) in [7, 11) is 12.2. The fraction of sp³-hybridized carbons (Fsp3) is 0.724. The van der Waals surface area contributed by atoms with Crippen molar-refractivity contribution in [2.45, 2.75) is 235 Å². The molecule has 28 nitrogen and oxygen atoms in total. The second-order valence-corrected chi connectivity index (χ2v) is 33.2. The Balaban J connectivity index is 0.00000159. The zero-order valence-electron chi connectivity index (χ0n) is 68.2. The van der Waals surface area contributed by atoms with Gasteiger partial charge in [-0.25, -0.2) is 13.1 Å². The molecule has 1 saturated heterocycles. The van der Waals surface area contributed by atoms with Gasteiger partial charge >= 0.3 is 0 Å². The molecular weight excluding hydrogens is 1360 g/mol. The van der Waals surface area contributed by atoms with E-state index < -0.39 is 166 Å². The molecule has 0 spiro atoms. The minimum Gasteiger partial charge on any atom is -0.390 e. The molecule has 29 heteroatoms. The molecule has 2 aromatic rings. The second kappa shape index (κ2) is 42.7. The Morgan fingerprint density at radius 3 is 1.53 bits per heavy atom. The quantitative estimate of drug-likeness (QED) is 0.0841. The van der Waals surface area contributed by atoms with Crippen LogP contribution in [-0.2, 0) is 74.9 Å². The van der Waals surface area contributed by atoms with E-state index in [4.69, 9.17) is 0 Å². The standard InChI is InChI=1S/C62H111N11O12.C14H21N3O2S/c1-25-27-28-40(15)52(75)51-56(79)65-43(26-2)58(81)67(18)33-48(74)68(19)44(29-34(3)4)55(78)66-49(38(11)12)61(84)69(20)45(30-35(5)6)54(77)63-41(16)53(76)64-42(17)57(80)70(21)46(31-36(7)8)59(82)71(22)47(32-37(9)10)60(83)72(23)50(39(13)14)62(85)73(51)24;1-15-20(18,19)10-11-4-5-14-13(8-11)12(9-16-14)6-7-17(2)3/h25,27,34-47,49-52,75H,26,28-33H2,1-24H3,(H,63,77)(H,64,76)(H,65,79)(H,66,78);4-5,8-9,15-16H,6-7,10H2,1-3H3/b27-25+;/t40-,41+,42-,43+,44+,45+,46+,47+,49+,50+,51+,52-;/m1./s1. The number of nitrogens with zero attached hydrogens (tertiary/aromatic N) is 8. The lowest BCUT2D eigenvalue weighted by Gasteiger charge is -2.41. The lowest BCUT2D eigenvalue weighted by Crippen LogP contribution is -2.63. The van der Waals surface area contributed by atoms with Crippen LogP contribution < -0.4 is 26.0 Å². The molecule has 1 fully saturated rings. The third kappa shape index (κ3) is 27.4. The third-order valence-corrected chi connectivity index (χ3v) is 20.7. The van der Waals surface area contributed by atoms with Gasteiger partial charge < -0.3 is 70.6 Å². The Morgan fingerprint density at radius 2 is 1.05 bits per heavy atom. The van der Waals surface area contributed by atoms with Crippen molar-refractivity contribution in [2.24, 2.45) is 41.4 Å². The first-order valence-corrected chi connectivity index (χ1v) is 38.8.